The van der Waals surface area contributed by atoms with E-state index in [1.165, 1.54) is 21.0 Å². The predicted octanol–water partition coefficient (Wildman–Crippen LogP) is 4.27. The molecule has 7 nitrogen and oxygen atoms in total. The first-order valence-corrected chi connectivity index (χ1v) is 11.7. The van der Waals surface area contributed by atoms with Crippen molar-refractivity contribution in [1.82, 2.24) is 0 Å². The van der Waals surface area contributed by atoms with Crippen LogP contribution in [0.5, 0.6) is 0 Å². The molecule has 1 fully saturated rings. The van der Waals surface area contributed by atoms with Gasteiger partial charge in [-0.1, -0.05) is 38.0 Å². The lowest BCUT2D eigenvalue weighted by Gasteiger charge is -2.22. The third-order valence-electron chi connectivity index (χ3n) is 5.72. The van der Waals surface area contributed by atoms with E-state index >= 15 is 0 Å². The fraction of sp³-hybridized carbons (Fsp3) is 0.720. The maximum Gasteiger partial charge on any atom is 0.305 e. The van der Waals surface area contributed by atoms with Gasteiger partial charge in [0.25, 0.3) is 0 Å². The molecule has 182 valence electrons. The van der Waals surface area contributed by atoms with Crippen LogP contribution in [0.25, 0.3) is 0 Å². The highest BCUT2D eigenvalue weighted by atomic mass is 16.5. The van der Waals surface area contributed by atoms with Crippen molar-refractivity contribution in [2.75, 3.05) is 7.11 Å². The minimum absolute atomic E-state index is 0.110. The normalized spacial score (nSPS) is 24.0. The number of rotatable bonds is 14. The number of hydrogen-bond donors (Lipinski definition) is 1. The lowest BCUT2D eigenvalue weighted by Crippen LogP contribution is -2.24. The number of aliphatic hydroxyl groups is 1. The second-order valence-electron chi connectivity index (χ2n) is 8.40. The Morgan fingerprint density at radius 3 is 2.47 bits per heavy atom. The van der Waals surface area contributed by atoms with Crippen LogP contribution >= 0.6 is 0 Å². The zero-order valence-electron chi connectivity index (χ0n) is 20.0. The summed E-state index contributed by atoms with van der Waals surface area (Å²) in [5.41, 5.74) is 0. The highest BCUT2D eigenvalue weighted by Gasteiger charge is 2.42. The van der Waals surface area contributed by atoms with Gasteiger partial charge in [-0.25, -0.2) is 0 Å². The van der Waals surface area contributed by atoms with Gasteiger partial charge in [0.2, 0.25) is 0 Å². The number of methoxy groups -OCH3 is 1. The molecule has 0 aromatic heterocycles. The molecule has 1 rings (SSSR count). The van der Waals surface area contributed by atoms with Crippen molar-refractivity contribution in [2.45, 2.75) is 96.9 Å². The van der Waals surface area contributed by atoms with Crippen molar-refractivity contribution in [3.05, 3.63) is 24.3 Å². The van der Waals surface area contributed by atoms with E-state index in [1.807, 2.05) is 24.3 Å². The first kappa shape index (κ1) is 27.9. The smallest absolute Gasteiger partial charge is 0.305 e. The van der Waals surface area contributed by atoms with Crippen LogP contribution in [0.2, 0.25) is 0 Å². The van der Waals surface area contributed by atoms with Gasteiger partial charge in [0, 0.05) is 32.6 Å². The quantitative estimate of drug-likeness (QED) is 0.182. The molecule has 0 aromatic rings. The Balaban J connectivity index is 2.82. The number of carbonyl (C=O) groups excluding carboxylic acids is 3. The second kappa shape index (κ2) is 15.6. The molecule has 0 heterocycles. The van der Waals surface area contributed by atoms with Gasteiger partial charge in [-0.2, -0.15) is 0 Å². The van der Waals surface area contributed by atoms with Crippen LogP contribution in [0.15, 0.2) is 24.3 Å². The summed E-state index contributed by atoms with van der Waals surface area (Å²) in [6.07, 6.45) is 13.2. The van der Waals surface area contributed by atoms with Gasteiger partial charge >= 0.3 is 17.9 Å². The summed E-state index contributed by atoms with van der Waals surface area (Å²) in [5, 5.41) is 10.6. The van der Waals surface area contributed by atoms with Crippen molar-refractivity contribution in [3.8, 4) is 0 Å². The summed E-state index contributed by atoms with van der Waals surface area (Å²) < 4.78 is 15.6. The molecule has 1 N–H and O–H groups in total. The first-order chi connectivity index (χ1) is 15.3. The molecule has 0 aliphatic heterocycles. The Kier molecular flexibility index (Phi) is 13.6. The lowest BCUT2D eigenvalue weighted by atomic mass is 9.89. The standard InChI is InChI=1S/C25H40O7/c1-5-6-9-12-20(31-18(2)26)15-16-22-21(23(28)17-24(22)32-19(3)27)13-10-7-8-11-14-25(29)30-4/h7,10,15-16,20-24,28H,5-6,8-9,11-14,17H2,1-4H3/b10-7-,16-15+/t20-,21+,22+,23-,24+/m0/s1. The monoisotopic (exact) mass is 452 g/mol. The molecular formula is C25H40O7. The molecule has 32 heavy (non-hydrogen) atoms. The summed E-state index contributed by atoms with van der Waals surface area (Å²) in [7, 11) is 1.38. The number of carbonyl (C=O) groups is 3. The molecule has 0 aromatic carbocycles. The van der Waals surface area contributed by atoms with Gasteiger partial charge in [-0.3, -0.25) is 14.4 Å². The minimum atomic E-state index is -0.596. The topological polar surface area (TPSA) is 99.1 Å². The SMILES string of the molecule is CCCCC[C@@H](/C=C/[C@@H]1[C@@H](C/C=C\CCCC(=O)OC)[C@@H](O)C[C@H]1OC(C)=O)OC(C)=O. The molecule has 0 unspecified atom stereocenters. The van der Waals surface area contributed by atoms with E-state index in [9.17, 15) is 19.5 Å². The molecule has 7 heteroatoms. The number of aliphatic hydroxyl groups excluding tert-OH is 1. The number of esters is 3. The third-order valence-corrected chi connectivity index (χ3v) is 5.72. The van der Waals surface area contributed by atoms with Crippen LogP contribution in [-0.2, 0) is 28.6 Å². The molecule has 0 saturated heterocycles. The first-order valence-electron chi connectivity index (χ1n) is 11.7. The van der Waals surface area contributed by atoms with Gasteiger partial charge in [0.05, 0.1) is 13.2 Å². The van der Waals surface area contributed by atoms with Crippen molar-refractivity contribution in [3.63, 3.8) is 0 Å². The third kappa shape index (κ3) is 10.9. The van der Waals surface area contributed by atoms with Gasteiger partial charge in [-0.05, 0) is 44.1 Å². The summed E-state index contributed by atoms with van der Waals surface area (Å²) in [6.45, 7) is 4.89. The molecule has 1 saturated carbocycles. The molecule has 5 atom stereocenters. The van der Waals surface area contributed by atoms with Gasteiger partial charge in [0.15, 0.2) is 0 Å². The van der Waals surface area contributed by atoms with Crippen LogP contribution in [0, 0.1) is 11.8 Å². The van der Waals surface area contributed by atoms with Crippen molar-refractivity contribution in [2.24, 2.45) is 11.8 Å². The van der Waals surface area contributed by atoms with E-state index in [2.05, 4.69) is 11.7 Å². The molecule has 1 aliphatic carbocycles. The van der Waals surface area contributed by atoms with E-state index in [-0.39, 0.29) is 35.8 Å². The summed E-state index contributed by atoms with van der Waals surface area (Å²) in [4.78, 5) is 34.3. The van der Waals surface area contributed by atoms with Crippen LogP contribution in [0.3, 0.4) is 0 Å². The molecular weight excluding hydrogens is 412 g/mol. The van der Waals surface area contributed by atoms with E-state index in [0.29, 0.717) is 25.7 Å². The van der Waals surface area contributed by atoms with E-state index in [1.54, 1.807) is 0 Å². The molecule has 0 amide bonds. The van der Waals surface area contributed by atoms with E-state index in [4.69, 9.17) is 9.47 Å². The molecule has 0 radical (unpaired) electrons. The van der Waals surface area contributed by atoms with Gasteiger partial charge < -0.3 is 19.3 Å². The number of allylic oxidation sites excluding steroid dienone is 2. The van der Waals surface area contributed by atoms with Crippen molar-refractivity contribution < 1.29 is 33.7 Å². The van der Waals surface area contributed by atoms with Crippen LogP contribution in [-0.4, -0.2) is 48.4 Å². The Morgan fingerprint density at radius 2 is 1.84 bits per heavy atom. The summed E-state index contributed by atoms with van der Waals surface area (Å²) in [5.74, 6) is -1.20. The average molecular weight is 453 g/mol. The van der Waals surface area contributed by atoms with Gasteiger partial charge in [-0.15, -0.1) is 0 Å². The van der Waals surface area contributed by atoms with Crippen molar-refractivity contribution >= 4 is 17.9 Å². The minimum Gasteiger partial charge on any atom is -0.469 e. The Hall–Kier alpha value is -2.15. The Morgan fingerprint density at radius 1 is 1.09 bits per heavy atom. The Bertz CT molecular complexity index is 640. The Labute approximate surface area is 192 Å². The van der Waals surface area contributed by atoms with E-state index < -0.39 is 12.2 Å². The van der Waals surface area contributed by atoms with Crippen LogP contribution in [0.1, 0.15) is 78.6 Å². The fourth-order valence-corrected chi connectivity index (χ4v) is 4.12. The predicted molar refractivity (Wildman–Crippen MR) is 122 cm³/mol. The summed E-state index contributed by atoms with van der Waals surface area (Å²) in [6, 6.07) is 0. The summed E-state index contributed by atoms with van der Waals surface area (Å²) >= 11 is 0. The van der Waals surface area contributed by atoms with Gasteiger partial charge in [0.1, 0.15) is 12.2 Å². The maximum atomic E-state index is 11.6. The van der Waals surface area contributed by atoms with E-state index in [0.717, 1.165) is 32.1 Å². The maximum absolute atomic E-state index is 11.6. The fourth-order valence-electron chi connectivity index (χ4n) is 4.12. The molecule has 1 aliphatic rings. The second-order valence-corrected chi connectivity index (χ2v) is 8.40. The largest absolute Gasteiger partial charge is 0.469 e. The van der Waals surface area contributed by atoms with Crippen LogP contribution in [0.4, 0.5) is 0 Å². The average Bonchev–Trinajstić information content (AvgIpc) is 3.01. The molecule has 0 spiro atoms. The highest BCUT2D eigenvalue weighted by Crippen LogP contribution is 2.38. The van der Waals surface area contributed by atoms with Crippen molar-refractivity contribution in [1.29, 1.82) is 0 Å². The zero-order valence-corrected chi connectivity index (χ0v) is 20.0. The number of ether oxygens (including phenoxy) is 3. The van der Waals surface area contributed by atoms with Crippen LogP contribution < -0.4 is 0 Å². The molecule has 0 bridgehead atoms. The number of unbranched alkanes of at least 4 members (excludes halogenated alkanes) is 3. The highest BCUT2D eigenvalue weighted by molar-refractivity contribution is 5.69. The number of hydrogen-bond acceptors (Lipinski definition) is 7. The zero-order chi connectivity index (χ0) is 23.9. The lowest BCUT2D eigenvalue weighted by molar-refractivity contribution is -0.147.